The van der Waals surface area contributed by atoms with Crippen LogP contribution >= 0.6 is 11.6 Å². The molecule has 0 saturated carbocycles. The predicted octanol–water partition coefficient (Wildman–Crippen LogP) is 3.35. The van der Waals surface area contributed by atoms with Gasteiger partial charge in [-0.3, -0.25) is 0 Å². The van der Waals surface area contributed by atoms with Gasteiger partial charge in [0.05, 0.1) is 12.2 Å². The molecular formula is C15H22ClNO. The van der Waals surface area contributed by atoms with Crippen molar-refractivity contribution >= 4 is 11.6 Å². The van der Waals surface area contributed by atoms with E-state index in [0.29, 0.717) is 18.2 Å². The summed E-state index contributed by atoms with van der Waals surface area (Å²) in [5, 5.41) is 4.23. The molecule has 0 aliphatic carbocycles. The van der Waals surface area contributed by atoms with Gasteiger partial charge >= 0.3 is 0 Å². The third-order valence-electron chi connectivity index (χ3n) is 3.73. The van der Waals surface area contributed by atoms with E-state index in [1.807, 2.05) is 13.1 Å². The van der Waals surface area contributed by atoms with Gasteiger partial charge in [0.1, 0.15) is 0 Å². The second-order valence-corrected chi connectivity index (χ2v) is 5.66. The molecule has 0 amide bonds. The summed E-state index contributed by atoms with van der Waals surface area (Å²) in [5.74, 6) is 0. The summed E-state index contributed by atoms with van der Waals surface area (Å²) in [5.41, 5.74) is 2.40. The smallest absolute Gasteiger partial charge is 0.0735 e. The Labute approximate surface area is 115 Å². The second kappa shape index (κ2) is 6.05. The minimum atomic E-state index is 0.308. The maximum Gasteiger partial charge on any atom is 0.0735 e. The molecule has 2 nitrogen and oxygen atoms in total. The van der Waals surface area contributed by atoms with Crippen molar-refractivity contribution in [3.63, 3.8) is 0 Å². The van der Waals surface area contributed by atoms with Crippen LogP contribution in [0.15, 0.2) is 18.2 Å². The molecule has 1 saturated heterocycles. The third-order valence-corrected chi connectivity index (χ3v) is 4.08. The maximum atomic E-state index is 6.30. The van der Waals surface area contributed by atoms with Crippen LogP contribution in [-0.2, 0) is 11.2 Å². The third kappa shape index (κ3) is 3.25. The lowest BCUT2D eigenvalue weighted by atomic mass is 9.98. The van der Waals surface area contributed by atoms with Crippen LogP contribution in [0, 0.1) is 6.92 Å². The van der Waals surface area contributed by atoms with Crippen LogP contribution in [0.25, 0.3) is 0 Å². The van der Waals surface area contributed by atoms with E-state index in [0.717, 1.165) is 24.3 Å². The van der Waals surface area contributed by atoms with Crippen LogP contribution in [0.5, 0.6) is 0 Å². The van der Waals surface area contributed by atoms with Gasteiger partial charge < -0.3 is 10.1 Å². The molecule has 0 spiro atoms. The quantitative estimate of drug-likeness (QED) is 0.903. The van der Waals surface area contributed by atoms with E-state index in [-0.39, 0.29) is 0 Å². The number of likely N-dealkylation sites (N-methyl/N-ethyl adjacent to an activating group) is 1. The number of benzene rings is 1. The Kier molecular flexibility index (Phi) is 4.66. The van der Waals surface area contributed by atoms with Gasteiger partial charge in [-0.2, -0.15) is 0 Å². The maximum absolute atomic E-state index is 6.30. The molecule has 100 valence electrons. The molecule has 0 aromatic heterocycles. The molecule has 1 aliphatic rings. The normalized spacial score (nSPS) is 25.3. The fourth-order valence-corrected chi connectivity index (χ4v) is 2.92. The summed E-state index contributed by atoms with van der Waals surface area (Å²) in [6.45, 7) is 4.21. The molecule has 0 bridgehead atoms. The molecule has 1 aliphatic heterocycles. The van der Waals surface area contributed by atoms with Crippen LogP contribution in [0.4, 0.5) is 0 Å². The Bertz CT molecular complexity index is 407. The topological polar surface area (TPSA) is 21.3 Å². The molecule has 1 heterocycles. The molecule has 3 heteroatoms. The van der Waals surface area contributed by atoms with Crippen molar-refractivity contribution in [3.8, 4) is 0 Å². The van der Waals surface area contributed by atoms with E-state index < -0.39 is 0 Å². The van der Waals surface area contributed by atoms with E-state index in [1.54, 1.807) is 0 Å². The first kappa shape index (κ1) is 13.9. The zero-order chi connectivity index (χ0) is 13.1. The predicted molar refractivity (Wildman–Crippen MR) is 76.3 cm³/mol. The average Bonchev–Trinajstić information content (AvgIpc) is 2.75. The first-order chi connectivity index (χ1) is 8.60. The molecule has 0 radical (unpaired) electrons. The standard InChI is InChI=1S/C15H22ClNO/c1-10-4-6-12(13(16)8-10)9-14(17-3)15-7-5-11(2)18-15/h4,6,8,11,14-15,17H,5,7,9H2,1-3H3. The van der Waals surface area contributed by atoms with Gasteiger partial charge in [-0.05, 0) is 57.4 Å². The molecule has 3 unspecified atom stereocenters. The van der Waals surface area contributed by atoms with E-state index in [2.05, 4.69) is 31.3 Å². The largest absolute Gasteiger partial charge is 0.374 e. The van der Waals surface area contributed by atoms with Crippen molar-refractivity contribution in [2.45, 2.75) is 51.4 Å². The monoisotopic (exact) mass is 267 g/mol. The molecule has 1 aromatic carbocycles. The fraction of sp³-hybridized carbons (Fsp3) is 0.600. The molecule has 18 heavy (non-hydrogen) atoms. The lowest BCUT2D eigenvalue weighted by Gasteiger charge is -2.23. The van der Waals surface area contributed by atoms with Gasteiger partial charge in [-0.25, -0.2) is 0 Å². The van der Waals surface area contributed by atoms with Gasteiger partial charge in [-0.1, -0.05) is 23.7 Å². The highest BCUT2D eigenvalue weighted by Crippen LogP contribution is 2.26. The summed E-state index contributed by atoms with van der Waals surface area (Å²) in [6, 6.07) is 6.61. The van der Waals surface area contributed by atoms with E-state index in [9.17, 15) is 0 Å². The number of aryl methyl sites for hydroxylation is 1. The van der Waals surface area contributed by atoms with E-state index >= 15 is 0 Å². The molecule has 1 aromatic rings. The Morgan fingerprint density at radius 1 is 1.44 bits per heavy atom. The summed E-state index contributed by atoms with van der Waals surface area (Å²) >= 11 is 6.30. The van der Waals surface area contributed by atoms with Crippen molar-refractivity contribution in [2.24, 2.45) is 0 Å². The SMILES string of the molecule is CNC(Cc1ccc(C)cc1Cl)C1CCC(C)O1. The number of halogens is 1. The van der Waals surface area contributed by atoms with Crippen LogP contribution < -0.4 is 5.32 Å². The van der Waals surface area contributed by atoms with Crippen molar-refractivity contribution < 1.29 is 4.74 Å². The van der Waals surface area contributed by atoms with Crippen LogP contribution in [0.2, 0.25) is 5.02 Å². The van der Waals surface area contributed by atoms with Crippen molar-refractivity contribution in [2.75, 3.05) is 7.05 Å². The second-order valence-electron chi connectivity index (χ2n) is 5.26. The highest BCUT2D eigenvalue weighted by Gasteiger charge is 2.29. The zero-order valence-electron chi connectivity index (χ0n) is 11.4. The lowest BCUT2D eigenvalue weighted by Crippen LogP contribution is -2.39. The van der Waals surface area contributed by atoms with E-state index in [4.69, 9.17) is 16.3 Å². The number of nitrogens with one attached hydrogen (secondary N) is 1. The van der Waals surface area contributed by atoms with Gasteiger partial charge in [0, 0.05) is 11.1 Å². The average molecular weight is 268 g/mol. The number of hydrogen-bond acceptors (Lipinski definition) is 2. The number of hydrogen-bond donors (Lipinski definition) is 1. The summed E-state index contributed by atoms with van der Waals surface area (Å²) in [4.78, 5) is 0. The van der Waals surface area contributed by atoms with E-state index in [1.165, 1.54) is 11.1 Å². The summed E-state index contributed by atoms with van der Waals surface area (Å²) in [7, 11) is 2.00. The molecule has 1 fully saturated rings. The van der Waals surface area contributed by atoms with Gasteiger partial charge in [0.2, 0.25) is 0 Å². The minimum absolute atomic E-state index is 0.308. The van der Waals surface area contributed by atoms with Crippen LogP contribution in [0.3, 0.4) is 0 Å². The van der Waals surface area contributed by atoms with Crippen LogP contribution in [-0.4, -0.2) is 25.3 Å². The Hall–Kier alpha value is -0.570. The molecule has 2 rings (SSSR count). The zero-order valence-corrected chi connectivity index (χ0v) is 12.1. The van der Waals surface area contributed by atoms with Crippen molar-refractivity contribution in [1.29, 1.82) is 0 Å². The fourth-order valence-electron chi connectivity index (χ4n) is 2.60. The van der Waals surface area contributed by atoms with Gasteiger partial charge in [0.25, 0.3) is 0 Å². The van der Waals surface area contributed by atoms with Gasteiger partial charge in [-0.15, -0.1) is 0 Å². The number of ether oxygens (including phenoxy) is 1. The van der Waals surface area contributed by atoms with Gasteiger partial charge in [0.15, 0.2) is 0 Å². The Balaban J connectivity index is 2.05. The molecular weight excluding hydrogens is 246 g/mol. The summed E-state index contributed by atoms with van der Waals surface area (Å²) < 4.78 is 5.94. The Morgan fingerprint density at radius 2 is 2.22 bits per heavy atom. The molecule has 1 N–H and O–H groups in total. The van der Waals surface area contributed by atoms with Crippen molar-refractivity contribution in [1.82, 2.24) is 5.32 Å². The lowest BCUT2D eigenvalue weighted by molar-refractivity contribution is 0.0337. The molecule has 3 atom stereocenters. The first-order valence-electron chi connectivity index (χ1n) is 6.68. The highest BCUT2D eigenvalue weighted by atomic mass is 35.5. The van der Waals surface area contributed by atoms with Crippen LogP contribution in [0.1, 0.15) is 30.9 Å². The summed E-state index contributed by atoms with van der Waals surface area (Å²) in [6.07, 6.45) is 3.91. The Morgan fingerprint density at radius 3 is 2.78 bits per heavy atom. The highest BCUT2D eigenvalue weighted by molar-refractivity contribution is 6.31. The first-order valence-corrected chi connectivity index (χ1v) is 7.05. The minimum Gasteiger partial charge on any atom is -0.374 e. The van der Waals surface area contributed by atoms with Crippen molar-refractivity contribution in [3.05, 3.63) is 34.3 Å². The number of rotatable bonds is 4.